The SMILES string of the molecule is CNc1ncc(-c2nc3cc(OCC(C)(C)O)ccc3o2)c2cc(NC(=O)C3CC3)ncc12. The van der Waals surface area contributed by atoms with Gasteiger partial charge in [-0.05, 0) is 44.9 Å². The first-order valence-corrected chi connectivity index (χ1v) is 10.8. The van der Waals surface area contributed by atoms with Crippen LogP contribution in [0.4, 0.5) is 11.6 Å². The zero-order chi connectivity index (χ0) is 23.2. The Bertz CT molecular complexity index is 1350. The number of hydrogen-bond donors (Lipinski definition) is 3. The fourth-order valence-electron chi connectivity index (χ4n) is 3.52. The maximum atomic E-state index is 12.2. The molecule has 3 N–H and O–H groups in total. The Kier molecular flexibility index (Phi) is 5.13. The number of benzene rings is 1. The maximum Gasteiger partial charge on any atom is 0.229 e. The molecule has 1 amide bonds. The molecular formula is C24H25N5O4. The smallest absolute Gasteiger partial charge is 0.229 e. The van der Waals surface area contributed by atoms with Crippen molar-refractivity contribution in [2.45, 2.75) is 32.3 Å². The Morgan fingerprint density at radius 1 is 1.21 bits per heavy atom. The van der Waals surface area contributed by atoms with E-state index in [1.165, 1.54) is 0 Å². The van der Waals surface area contributed by atoms with Gasteiger partial charge in [0.25, 0.3) is 0 Å². The minimum Gasteiger partial charge on any atom is -0.491 e. The van der Waals surface area contributed by atoms with Gasteiger partial charge in [0.1, 0.15) is 29.5 Å². The molecule has 9 heteroatoms. The van der Waals surface area contributed by atoms with Gasteiger partial charge in [0.2, 0.25) is 11.8 Å². The molecule has 0 saturated heterocycles. The molecule has 1 saturated carbocycles. The standard InChI is InChI=1S/C24H25N5O4/c1-24(2,31)12-32-14-6-7-19-18(8-14)28-23(33-19)17-11-27-21(25-3)16-10-26-20(9-15(16)17)29-22(30)13-4-5-13/h6-11,13,31H,4-5,12H2,1-3H3,(H,25,27)(H,26,29,30). The zero-order valence-corrected chi connectivity index (χ0v) is 18.7. The molecule has 5 rings (SSSR count). The van der Waals surface area contributed by atoms with Crippen LogP contribution in [0.15, 0.2) is 41.1 Å². The second-order valence-corrected chi connectivity index (χ2v) is 8.90. The van der Waals surface area contributed by atoms with Gasteiger partial charge < -0.3 is 24.9 Å². The number of aliphatic hydroxyl groups is 1. The van der Waals surface area contributed by atoms with Crippen molar-refractivity contribution >= 4 is 39.4 Å². The number of nitrogens with zero attached hydrogens (tertiary/aromatic N) is 3. The van der Waals surface area contributed by atoms with Crippen molar-refractivity contribution < 1.29 is 19.1 Å². The molecule has 1 aliphatic rings. The number of nitrogens with one attached hydrogen (secondary N) is 2. The lowest BCUT2D eigenvalue weighted by atomic mass is 10.1. The number of rotatable bonds is 7. The van der Waals surface area contributed by atoms with E-state index in [4.69, 9.17) is 9.15 Å². The lowest BCUT2D eigenvalue weighted by Crippen LogP contribution is -2.27. The van der Waals surface area contributed by atoms with Crippen LogP contribution in [0.2, 0.25) is 0 Å². The summed E-state index contributed by atoms with van der Waals surface area (Å²) >= 11 is 0. The number of carbonyl (C=O) groups is 1. The average molecular weight is 447 g/mol. The van der Waals surface area contributed by atoms with E-state index in [1.807, 2.05) is 6.07 Å². The third-order valence-corrected chi connectivity index (χ3v) is 5.39. The van der Waals surface area contributed by atoms with Gasteiger partial charge in [-0.2, -0.15) is 0 Å². The third-order valence-electron chi connectivity index (χ3n) is 5.39. The van der Waals surface area contributed by atoms with Crippen LogP contribution in [0.1, 0.15) is 26.7 Å². The summed E-state index contributed by atoms with van der Waals surface area (Å²) in [7, 11) is 1.79. The first-order chi connectivity index (χ1) is 15.8. The molecule has 4 aromatic rings. The molecule has 0 aliphatic heterocycles. The largest absolute Gasteiger partial charge is 0.491 e. The summed E-state index contributed by atoms with van der Waals surface area (Å²) in [6.45, 7) is 3.53. The van der Waals surface area contributed by atoms with E-state index in [0.717, 1.165) is 23.6 Å². The number of hydrogen-bond acceptors (Lipinski definition) is 8. The average Bonchev–Trinajstić information content (AvgIpc) is 3.55. The summed E-state index contributed by atoms with van der Waals surface area (Å²) in [6, 6.07) is 7.15. The van der Waals surface area contributed by atoms with Gasteiger partial charge in [-0.25, -0.2) is 15.0 Å². The first kappa shape index (κ1) is 21.1. The van der Waals surface area contributed by atoms with Gasteiger partial charge in [-0.1, -0.05) is 0 Å². The number of anilines is 2. The summed E-state index contributed by atoms with van der Waals surface area (Å²) in [5.41, 5.74) is 0.969. The van der Waals surface area contributed by atoms with E-state index in [1.54, 1.807) is 51.5 Å². The van der Waals surface area contributed by atoms with Crippen LogP contribution in [-0.4, -0.2) is 45.2 Å². The molecule has 1 aromatic carbocycles. The highest BCUT2D eigenvalue weighted by Crippen LogP contribution is 2.35. The highest BCUT2D eigenvalue weighted by Gasteiger charge is 2.30. The molecule has 3 heterocycles. The van der Waals surface area contributed by atoms with Crippen LogP contribution >= 0.6 is 0 Å². The molecule has 3 aromatic heterocycles. The van der Waals surface area contributed by atoms with Crippen LogP contribution in [0, 0.1) is 5.92 Å². The van der Waals surface area contributed by atoms with E-state index in [-0.39, 0.29) is 18.4 Å². The Morgan fingerprint density at radius 3 is 2.76 bits per heavy atom. The van der Waals surface area contributed by atoms with E-state index in [9.17, 15) is 9.90 Å². The maximum absolute atomic E-state index is 12.2. The van der Waals surface area contributed by atoms with Crippen LogP contribution in [0.3, 0.4) is 0 Å². The molecule has 0 atom stereocenters. The van der Waals surface area contributed by atoms with Gasteiger partial charge in [-0.3, -0.25) is 4.79 Å². The van der Waals surface area contributed by atoms with E-state index in [2.05, 4.69) is 25.6 Å². The number of carbonyl (C=O) groups excluding carboxylic acids is 1. The predicted molar refractivity (Wildman–Crippen MR) is 125 cm³/mol. The van der Waals surface area contributed by atoms with E-state index >= 15 is 0 Å². The number of aromatic nitrogens is 3. The number of pyridine rings is 2. The Morgan fingerprint density at radius 2 is 2.03 bits per heavy atom. The molecule has 1 aliphatic carbocycles. The van der Waals surface area contributed by atoms with Gasteiger partial charge >= 0.3 is 0 Å². The van der Waals surface area contributed by atoms with Gasteiger partial charge in [0.15, 0.2) is 5.58 Å². The number of oxazole rings is 1. The summed E-state index contributed by atoms with van der Waals surface area (Å²) in [4.78, 5) is 25.7. The highest BCUT2D eigenvalue weighted by molar-refractivity contribution is 6.03. The monoisotopic (exact) mass is 447 g/mol. The summed E-state index contributed by atoms with van der Waals surface area (Å²) in [6.07, 6.45) is 5.22. The fourth-order valence-corrected chi connectivity index (χ4v) is 3.52. The first-order valence-electron chi connectivity index (χ1n) is 10.8. The Labute approximate surface area is 190 Å². The molecule has 9 nitrogen and oxygen atoms in total. The third kappa shape index (κ3) is 4.45. The molecule has 0 unspecified atom stereocenters. The molecule has 170 valence electrons. The molecule has 0 radical (unpaired) electrons. The zero-order valence-electron chi connectivity index (χ0n) is 18.7. The number of amides is 1. The van der Waals surface area contributed by atoms with Crippen LogP contribution in [0.25, 0.3) is 33.3 Å². The highest BCUT2D eigenvalue weighted by atomic mass is 16.5. The second-order valence-electron chi connectivity index (χ2n) is 8.90. The second kappa shape index (κ2) is 8.00. The van der Waals surface area contributed by atoms with Crippen molar-refractivity contribution in [3.63, 3.8) is 0 Å². The number of ether oxygens (including phenoxy) is 1. The van der Waals surface area contributed by atoms with Gasteiger partial charge in [0, 0.05) is 42.2 Å². The van der Waals surface area contributed by atoms with Gasteiger partial charge in [-0.15, -0.1) is 0 Å². The quantitative estimate of drug-likeness (QED) is 0.389. The van der Waals surface area contributed by atoms with Crippen molar-refractivity contribution in [3.8, 4) is 17.2 Å². The molecule has 0 spiro atoms. The summed E-state index contributed by atoms with van der Waals surface area (Å²) in [5, 5.41) is 17.5. The summed E-state index contributed by atoms with van der Waals surface area (Å²) in [5.74, 6) is 2.21. The Hall–Kier alpha value is -3.72. The van der Waals surface area contributed by atoms with Crippen LogP contribution in [-0.2, 0) is 4.79 Å². The lowest BCUT2D eigenvalue weighted by Gasteiger charge is -2.17. The van der Waals surface area contributed by atoms with Crippen molar-refractivity contribution in [2.24, 2.45) is 5.92 Å². The number of fused-ring (bicyclic) bond motifs is 2. The minimum atomic E-state index is -0.940. The normalized spacial score (nSPS) is 13.9. The lowest BCUT2D eigenvalue weighted by molar-refractivity contribution is -0.117. The summed E-state index contributed by atoms with van der Waals surface area (Å²) < 4.78 is 11.7. The van der Waals surface area contributed by atoms with Gasteiger partial charge in [0.05, 0.1) is 11.2 Å². The van der Waals surface area contributed by atoms with Crippen LogP contribution in [0.5, 0.6) is 5.75 Å². The topological polar surface area (TPSA) is 122 Å². The Balaban J connectivity index is 1.54. The predicted octanol–water partition coefficient (Wildman–Crippen LogP) is 3.98. The van der Waals surface area contributed by atoms with E-state index in [0.29, 0.717) is 39.9 Å². The van der Waals surface area contributed by atoms with Crippen molar-refractivity contribution in [2.75, 3.05) is 24.3 Å². The minimum absolute atomic E-state index is 0.00764. The molecule has 0 bridgehead atoms. The molecule has 1 fully saturated rings. The molecular weight excluding hydrogens is 422 g/mol. The molecule has 33 heavy (non-hydrogen) atoms. The van der Waals surface area contributed by atoms with Crippen molar-refractivity contribution in [1.29, 1.82) is 0 Å². The van der Waals surface area contributed by atoms with E-state index < -0.39 is 5.60 Å². The van der Waals surface area contributed by atoms with Crippen molar-refractivity contribution in [1.82, 2.24) is 15.0 Å². The van der Waals surface area contributed by atoms with Crippen molar-refractivity contribution in [3.05, 3.63) is 36.7 Å². The fraction of sp³-hybridized carbons (Fsp3) is 0.333. The van der Waals surface area contributed by atoms with Crippen LogP contribution < -0.4 is 15.4 Å².